The van der Waals surface area contributed by atoms with Crippen LogP contribution in [0.5, 0.6) is 0 Å². The van der Waals surface area contributed by atoms with Crippen molar-refractivity contribution in [3.8, 4) is 0 Å². The summed E-state index contributed by atoms with van der Waals surface area (Å²) in [5, 5.41) is 3.65. The summed E-state index contributed by atoms with van der Waals surface area (Å²) in [6.07, 6.45) is 4.50. The first-order valence-corrected chi connectivity index (χ1v) is 7.92. The van der Waals surface area contributed by atoms with Gasteiger partial charge in [0.15, 0.2) is 0 Å². The van der Waals surface area contributed by atoms with E-state index in [2.05, 4.69) is 29.0 Å². The summed E-state index contributed by atoms with van der Waals surface area (Å²) in [4.78, 5) is 16.8. The van der Waals surface area contributed by atoms with Crippen molar-refractivity contribution in [2.45, 2.75) is 45.6 Å². The molecule has 0 radical (unpaired) electrons. The Balaban J connectivity index is 1.84. The maximum absolute atomic E-state index is 11.4. The lowest BCUT2D eigenvalue weighted by atomic mass is 9.91. The summed E-state index contributed by atoms with van der Waals surface area (Å²) in [5.74, 6) is 0. The predicted octanol–water partition coefficient (Wildman–Crippen LogP) is 2.07. The molecule has 1 aliphatic rings. The van der Waals surface area contributed by atoms with Crippen LogP contribution in [-0.2, 0) is 6.42 Å². The molecular weight excluding hydrogens is 250 g/mol. The van der Waals surface area contributed by atoms with Gasteiger partial charge in [-0.3, -0.25) is 4.79 Å². The molecule has 0 saturated carbocycles. The fraction of sp³-hybridized carbons (Fsp3) is 0.688. The third-order valence-corrected chi connectivity index (χ3v) is 4.27. The SMILES string of the molecule is CCN(CC)CCCNC1CCCc2[nH]c(=O)ccc21. The van der Waals surface area contributed by atoms with Crippen molar-refractivity contribution < 1.29 is 0 Å². The summed E-state index contributed by atoms with van der Waals surface area (Å²) in [6, 6.07) is 4.05. The summed E-state index contributed by atoms with van der Waals surface area (Å²) < 4.78 is 0. The second kappa shape index (κ2) is 7.60. The Kier molecular flexibility index (Phi) is 5.80. The van der Waals surface area contributed by atoms with Gasteiger partial charge in [-0.05, 0) is 57.4 Å². The number of rotatable bonds is 7. The maximum atomic E-state index is 11.4. The van der Waals surface area contributed by atoms with Crippen molar-refractivity contribution in [3.05, 3.63) is 33.7 Å². The lowest BCUT2D eigenvalue weighted by Gasteiger charge is -2.26. The molecule has 1 aromatic rings. The molecule has 1 atom stereocenters. The highest BCUT2D eigenvalue weighted by molar-refractivity contribution is 5.26. The van der Waals surface area contributed by atoms with Gasteiger partial charge in [0.05, 0.1) is 0 Å². The zero-order chi connectivity index (χ0) is 14.4. The Morgan fingerprint density at radius 3 is 2.90 bits per heavy atom. The lowest BCUT2D eigenvalue weighted by Crippen LogP contribution is -2.31. The van der Waals surface area contributed by atoms with Crippen LogP contribution in [-0.4, -0.2) is 36.1 Å². The number of H-pyrrole nitrogens is 1. The highest BCUT2D eigenvalue weighted by Gasteiger charge is 2.19. The van der Waals surface area contributed by atoms with Crippen molar-refractivity contribution in [1.29, 1.82) is 0 Å². The van der Waals surface area contributed by atoms with Crippen LogP contribution in [0, 0.1) is 0 Å². The van der Waals surface area contributed by atoms with Crippen molar-refractivity contribution in [3.63, 3.8) is 0 Å². The number of aryl methyl sites for hydroxylation is 1. The van der Waals surface area contributed by atoms with E-state index in [9.17, 15) is 4.79 Å². The Bertz CT molecular complexity index is 465. The molecule has 0 bridgehead atoms. The third kappa shape index (κ3) is 3.93. The highest BCUT2D eigenvalue weighted by atomic mass is 16.1. The van der Waals surface area contributed by atoms with Crippen LogP contribution in [0.15, 0.2) is 16.9 Å². The van der Waals surface area contributed by atoms with Gasteiger partial charge in [-0.1, -0.05) is 19.9 Å². The zero-order valence-corrected chi connectivity index (χ0v) is 12.7. The number of pyridine rings is 1. The van der Waals surface area contributed by atoms with Crippen LogP contribution in [0.25, 0.3) is 0 Å². The molecule has 4 heteroatoms. The van der Waals surface area contributed by atoms with E-state index < -0.39 is 0 Å². The second-order valence-electron chi connectivity index (χ2n) is 5.54. The Morgan fingerprint density at radius 1 is 1.35 bits per heavy atom. The first-order valence-electron chi connectivity index (χ1n) is 7.92. The number of nitrogens with one attached hydrogen (secondary N) is 2. The van der Waals surface area contributed by atoms with E-state index >= 15 is 0 Å². The van der Waals surface area contributed by atoms with Gasteiger partial charge in [0.2, 0.25) is 5.56 Å². The molecule has 0 aromatic carbocycles. The van der Waals surface area contributed by atoms with E-state index in [4.69, 9.17) is 0 Å². The molecular formula is C16H27N3O. The average molecular weight is 277 g/mol. The minimum Gasteiger partial charge on any atom is -0.326 e. The van der Waals surface area contributed by atoms with Crippen LogP contribution in [0.4, 0.5) is 0 Å². The second-order valence-corrected chi connectivity index (χ2v) is 5.54. The van der Waals surface area contributed by atoms with Gasteiger partial charge in [-0.15, -0.1) is 0 Å². The van der Waals surface area contributed by atoms with Gasteiger partial charge in [0, 0.05) is 17.8 Å². The van der Waals surface area contributed by atoms with Gasteiger partial charge in [0.1, 0.15) is 0 Å². The number of nitrogens with zero attached hydrogens (tertiary/aromatic N) is 1. The highest BCUT2D eigenvalue weighted by Crippen LogP contribution is 2.27. The fourth-order valence-corrected chi connectivity index (χ4v) is 3.03. The number of aromatic amines is 1. The quantitative estimate of drug-likeness (QED) is 0.750. The van der Waals surface area contributed by atoms with Crippen LogP contribution in [0.3, 0.4) is 0 Å². The molecule has 0 amide bonds. The molecule has 0 fully saturated rings. The summed E-state index contributed by atoms with van der Waals surface area (Å²) >= 11 is 0. The Morgan fingerprint density at radius 2 is 2.15 bits per heavy atom. The predicted molar refractivity (Wildman–Crippen MR) is 83.1 cm³/mol. The van der Waals surface area contributed by atoms with Crippen LogP contribution >= 0.6 is 0 Å². The monoisotopic (exact) mass is 277 g/mol. The first-order chi connectivity index (χ1) is 9.74. The van der Waals surface area contributed by atoms with Crippen molar-refractivity contribution >= 4 is 0 Å². The number of aromatic nitrogens is 1. The third-order valence-electron chi connectivity index (χ3n) is 4.27. The van der Waals surface area contributed by atoms with E-state index in [0.717, 1.165) is 44.7 Å². The first kappa shape index (κ1) is 15.3. The maximum Gasteiger partial charge on any atom is 0.248 e. The smallest absolute Gasteiger partial charge is 0.248 e. The molecule has 1 heterocycles. The van der Waals surface area contributed by atoms with Crippen LogP contribution in [0.2, 0.25) is 0 Å². The molecule has 1 aromatic heterocycles. The van der Waals surface area contributed by atoms with E-state index in [0.29, 0.717) is 6.04 Å². The van der Waals surface area contributed by atoms with Crippen molar-refractivity contribution in [2.24, 2.45) is 0 Å². The number of hydrogen-bond donors (Lipinski definition) is 2. The molecule has 0 spiro atoms. The largest absolute Gasteiger partial charge is 0.326 e. The summed E-state index contributed by atoms with van der Waals surface area (Å²) in [6.45, 7) is 8.88. The fourth-order valence-electron chi connectivity index (χ4n) is 3.03. The van der Waals surface area contributed by atoms with Gasteiger partial charge in [-0.25, -0.2) is 0 Å². The van der Waals surface area contributed by atoms with Gasteiger partial charge in [0.25, 0.3) is 0 Å². The van der Waals surface area contributed by atoms with E-state index in [1.165, 1.54) is 18.4 Å². The molecule has 0 saturated heterocycles. The zero-order valence-electron chi connectivity index (χ0n) is 12.7. The molecule has 112 valence electrons. The summed E-state index contributed by atoms with van der Waals surface area (Å²) in [7, 11) is 0. The average Bonchev–Trinajstić information content (AvgIpc) is 2.47. The lowest BCUT2D eigenvalue weighted by molar-refractivity contribution is 0.294. The topological polar surface area (TPSA) is 48.1 Å². The van der Waals surface area contributed by atoms with Gasteiger partial charge >= 0.3 is 0 Å². The minimum absolute atomic E-state index is 0.0194. The molecule has 1 unspecified atom stereocenters. The van der Waals surface area contributed by atoms with E-state index in [1.54, 1.807) is 6.07 Å². The Hall–Kier alpha value is -1.13. The van der Waals surface area contributed by atoms with Crippen molar-refractivity contribution in [1.82, 2.24) is 15.2 Å². The standard InChI is InChI=1S/C16H27N3O/c1-3-19(4-2)12-6-11-17-14-7-5-8-15-13(14)9-10-16(20)18-15/h9-10,14,17H,3-8,11-12H2,1-2H3,(H,18,20). The number of hydrogen-bond acceptors (Lipinski definition) is 3. The molecule has 0 aliphatic heterocycles. The van der Waals surface area contributed by atoms with Crippen LogP contribution < -0.4 is 10.9 Å². The molecule has 20 heavy (non-hydrogen) atoms. The molecule has 1 aliphatic carbocycles. The molecule has 2 N–H and O–H groups in total. The van der Waals surface area contributed by atoms with Gasteiger partial charge in [-0.2, -0.15) is 0 Å². The van der Waals surface area contributed by atoms with Crippen LogP contribution in [0.1, 0.15) is 50.4 Å². The molecule has 4 nitrogen and oxygen atoms in total. The van der Waals surface area contributed by atoms with Gasteiger partial charge < -0.3 is 15.2 Å². The van der Waals surface area contributed by atoms with E-state index in [-0.39, 0.29) is 5.56 Å². The van der Waals surface area contributed by atoms with E-state index in [1.807, 2.05) is 6.07 Å². The minimum atomic E-state index is 0.0194. The molecule has 2 rings (SSSR count). The van der Waals surface area contributed by atoms with Crippen molar-refractivity contribution in [2.75, 3.05) is 26.2 Å². The summed E-state index contributed by atoms with van der Waals surface area (Å²) in [5.41, 5.74) is 2.44. The number of fused-ring (bicyclic) bond motifs is 1. The normalized spacial score (nSPS) is 18.2. The Labute approximate surface area is 121 Å².